The molecule has 2 aromatic rings. The zero-order valence-electron chi connectivity index (χ0n) is 9.54. The lowest BCUT2D eigenvalue weighted by Gasteiger charge is -2.05. The molecular formula is C12H12BFO3S. The third kappa shape index (κ3) is 3.38. The molecule has 0 bridgehead atoms. The van der Waals surface area contributed by atoms with Gasteiger partial charge in [-0.15, -0.1) is 11.8 Å². The number of thioether (sulfide) groups is 1. The van der Waals surface area contributed by atoms with Crippen LogP contribution in [0, 0.1) is 5.82 Å². The lowest BCUT2D eigenvalue weighted by molar-refractivity contribution is 0.425. The molecule has 0 radical (unpaired) electrons. The third-order valence-corrected chi connectivity index (χ3v) is 3.46. The van der Waals surface area contributed by atoms with Crippen molar-refractivity contribution in [1.29, 1.82) is 0 Å². The van der Waals surface area contributed by atoms with Gasteiger partial charge in [0.25, 0.3) is 0 Å². The average Bonchev–Trinajstić information content (AvgIpc) is 2.84. The number of hydrogen-bond donors (Lipinski definition) is 2. The number of hydrogen-bond acceptors (Lipinski definition) is 4. The van der Waals surface area contributed by atoms with E-state index in [9.17, 15) is 4.39 Å². The van der Waals surface area contributed by atoms with Crippen molar-refractivity contribution in [3.63, 3.8) is 0 Å². The van der Waals surface area contributed by atoms with Crippen molar-refractivity contribution in [3.8, 4) is 0 Å². The number of rotatable bonds is 5. The zero-order chi connectivity index (χ0) is 13.0. The summed E-state index contributed by atoms with van der Waals surface area (Å²) in [5.41, 5.74) is 0.697. The fourth-order valence-electron chi connectivity index (χ4n) is 1.50. The lowest BCUT2D eigenvalue weighted by atomic mass is 9.80. The molecule has 0 aliphatic heterocycles. The van der Waals surface area contributed by atoms with Crippen molar-refractivity contribution in [2.45, 2.75) is 11.5 Å². The second-order valence-corrected chi connectivity index (χ2v) is 4.78. The van der Waals surface area contributed by atoms with Gasteiger partial charge in [0.15, 0.2) is 0 Å². The first-order valence-electron chi connectivity index (χ1n) is 5.41. The van der Waals surface area contributed by atoms with E-state index in [0.29, 0.717) is 17.1 Å². The maximum atomic E-state index is 13.6. The highest BCUT2D eigenvalue weighted by Gasteiger charge is 2.13. The third-order valence-electron chi connectivity index (χ3n) is 2.46. The van der Waals surface area contributed by atoms with Crippen LogP contribution in [-0.2, 0) is 11.5 Å². The Morgan fingerprint density at radius 1 is 1.22 bits per heavy atom. The van der Waals surface area contributed by atoms with E-state index in [2.05, 4.69) is 0 Å². The Labute approximate surface area is 109 Å². The van der Waals surface area contributed by atoms with Crippen molar-refractivity contribution in [3.05, 3.63) is 53.7 Å². The van der Waals surface area contributed by atoms with Gasteiger partial charge in [0.05, 0.1) is 12.0 Å². The highest BCUT2D eigenvalue weighted by molar-refractivity contribution is 7.97. The SMILES string of the molecule is OB(O)c1ccc(CSCc2ccco2)c(F)c1. The van der Waals surface area contributed by atoms with Crippen LogP contribution in [0.15, 0.2) is 41.0 Å². The molecule has 0 amide bonds. The molecule has 3 nitrogen and oxygen atoms in total. The fourth-order valence-corrected chi connectivity index (χ4v) is 2.42. The Morgan fingerprint density at radius 2 is 2.06 bits per heavy atom. The molecule has 0 spiro atoms. The van der Waals surface area contributed by atoms with E-state index in [-0.39, 0.29) is 5.46 Å². The van der Waals surface area contributed by atoms with E-state index in [1.807, 2.05) is 12.1 Å². The van der Waals surface area contributed by atoms with Crippen molar-refractivity contribution in [2.75, 3.05) is 0 Å². The normalized spacial score (nSPS) is 10.6. The van der Waals surface area contributed by atoms with Crippen molar-refractivity contribution < 1.29 is 18.9 Å². The predicted octanol–water partition coefficient (Wildman–Crippen LogP) is 1.53. The fraction of sp³-hybridized carbons (Fsp3) is 0.167. The van der Waals surface area contributed by atoms with Crippen LogP contribution in [0.1, 0.15) is 11.3 Å². The van der Waals surface area contributed by atoms with Gasteiger partial charge in [-0.3, -0.25) is 0 Å². The van der Waals surface area contributed by atoms with Crippen LogP contribution >= 0.6 is 11.8 Å². The van der Waals surface area contributed by atoms with Gasteiger partial charge in [-0.1, -0.05) is 12.1 Å². The van der Waals surface area contributed by atoms with Crippen LogP contribution in [0.3, 0.4) is 0 Å². The summed E-state index contributed by atoms with van der Waals surface area (Å²) in [5, 5.41) is 17.8. The van der Waals surface area contributed by atoms with Gasteiger partial charge in [0.2, 0.25) is 0 Å². The summed E-state index contributed by atoms with van der Waals surface area (Å²) in [5.74, 6) is 1.61. The molecule has 0 saturated heterocycles. The van der Waals surface area contributed by atoms with Gasteiger partial charge in [-0.2, -0.15) is 0 Å². The van der Waals surface area contributed by atoms with E-state index < -0.39 is 12.9 Å². The van der Waals surface area contributed by atoms with Gasteiger partial charge in [0, 0.05) is 5.75 Å². The maximum absolute atomic E-state index is 13.6. The highest BCUT2D eigenvalue weighted by Crippen LogP contribution is 2.19. The summed E-state index contributed by atoms with van der Waals surface area (Å²) in [6.45, 7) is 0. The minimum absolute atomic E-state index is 0.160. The number of furan rings is 1. The Morgan fingerprint density at radius 3 is 2.67 bits per heavy atom. The van der Waals surface area contributed by atoms with Gasteiger partial charge in [-0.05, 0) is 29.2 Å². The molecule has 0 unspecified atom stereocenters. The van der Waals surface area contributed by atoms with Gasteiger partial charge in [0.1, 0.15) is 11.6 Å². The molecule has 18 heavy (non-hydrogen) atoms. The highest BCUT2D eigenvalue weighted by atomic mass is 32.2. The second kappa shape index (κ2) is 6.09. The van der Waals surface area contributed by atoms with Crippen LogP contribution in [0.4, 0.5) is 4.39 Å². The van der Waals surface area contributed by atoms with E-state index >= 15 is 0 Å². The molecule has 0 aliphatic rings. The van der Waals surface area contributed by atoms with E-state index in [1.165, 1.54) is 17.8 Å². The van der Waals surface area contributed by atoms with Crippen LogP contribution < -0.4 is 5.46 Å². The summed E-state index contributed by atoms with van der Waals surface area (Å²) >= 11 is 1.53. The standard InChI is InChI=1S/C12H12BFO3S/c14-12-6-10(13(15)16)4-3-9(12)7-18-8-11-2-1-5-17-11/h1-6,15-16H,7-8H2. The van der Waals surface area contributed by atoms with Crippen LogP contribution in [0.5, 0.6) is 0 Å². The van der Waals surface area contributed by atoms with Crippen LogP contribution in [0.2, 0.25) is 0 Å². The van der Waals surface area contributed by atoms with Gasteiger partial charge in [-0.25, -0.2) is 4.39 Å². The summed E-state index contributed by atoms with van der Waals surface area (Å²) < 4.78 is 18.8. The van der Waals surface area contributed by atoms with E-state index in [0.717, 1.165) is 11.8 Å². The van der Waals surface area contributed by atoms with Crippen LogP contribution in [-0.4, -0.2) is 17.2 Å². The van der Waals surface area contributed by atoms with Crippen molar-refractivity contribution >= 4 is 24.3 Å². The summed E-state index contributed by atoms with van der Waals surface area (Å²) in [7, 11) is -1.63. The Kier molecular flexibility index (Phi) is 4.46. The molecule has 1 heterocycles. The monoisotopic (exact) mass is 266 g/mol. The summed E-state index contributed by atoms with van der Waals surface area (Å²) in [6.07, 6.45) is 1.61. The molecule has 0 aliphatic carbocycles. The van der Waals surface area contributed by atoms with E-state index in [1.54, 1.807) is 12.3 Å². The van der Waals surface area contributed by atoms with Crippen molar-refractivity contribution in [1.82, 2.24) is 0 Å². The Hall–Kier alpha value is -1.24. The summed E-state index contributed by atoms with van der Waals surface area (Å²) in [4.78, 5) is 0. The van der Waals surface area contributed by atoms with Gasteiger partial charge >= 0.3 is 7.12 Å². The smallest absolute Gasteiger partial charge is 0.468 e. The average molecular weight is 266 g/mol. The topological polar surface area (TPSA) is 53.6 Å². The molecule has 94 valence electrons. The van der Waals surface area contributed by atoms with Crippen molar-refractivity contribution in [2.24, 2.45) is 0 Å². The molecule has 2 rings (SSSR count). The minimum Gasteiger partial charge on any atom is -0.468 e. The second-order valence-electron chi connectivity index (χ2n) is 3.80. The number of benzene rings is 1. The molecule has 0 atom stereocenters. The quantitative estimate of drug-likeness (QED) is 0.806. The first kappa shape index (κ1) is 13.2. The zero-order valence-corrected chi connectivity index (χ0v) is 10.4. The maximum Gasteiger partial charge on any atom is 0.488 e. The van der Waals surface area contributed by atoms with E-state index in [4.69, 9.17) is 14.5 Å². The molecule has 1 aromatic heterocycles. The minimum atomic E-state index is -1.63. The Bertz CT molecular complexity index is 502. The predicted molar refractivity (Wildman–Crippen MR) is 69.9 cm³/mol. The molecular weight excluding hydrogens is 254 g/mol. The molecule has 1 aromatic carbocycles. The molecule has 0 saturated carbocycles. The van der Waals surface area contributed by atoms with Crippen LogP contribution in [0.25, 0.3) is 0 Å². The first-order chi connectivity index (χ1) is 8.66. The first-order valence-corrected chi connectivity index (χ1v) is 6.57. The molecule has 2 N–H and O–H groups in total. The Balaban J connectivity index is 1.93. The summed E-state index contributed by atoms with van der Waals surface area (Å²) in [6, 6.07) is 7.91. The molecule has 6 heteroatoms. The van der Waals surface area contributed by atoms with Gasteiger partial charge < -0.3 is 14.5 Å². The molecule has 0 fully saturated rings. The lowest BCUT2D eigenvalue weighted by Crippen LogP contribution is -2.30. The largest absolute Gasteiger partial charge is 0.488 e. The number of halogens is 1.